The number of hydrogen-bond acceptors (Lipinski definition) is 4. The van der Waals surface area contributed by atoms with E-state index in [1.165, 1.54) is 0 Å². The SMILES string of the molecule is CCCOCCOCCCC(C)(C)C(N)=NO. The Balaban J connectivity index is 3.45. The van der Waals surface area contributed by atoms with E-state index in [4.69, 9.17) is 20.4 Å². The van der Waals surface area contributed by atoms with E-state index in [-0.39, 0.29) is 11.3 Å². The predicted molar refractivity (Wildman–Crippen MR) is 68.4 cm³/mol. The molecule has 0 amide bonds. The number of hydrogen-bond donors (Lipinski definition) is 2. The Morgan fingerprint density at radius 1 is 1.18 bits per heavy atom. The highest BCUT2D eigenvalue weighted by Crippen LogP contribution is 2.22. The molecule has 5 heteroatoms. The van der Waals surface area contributed by atoms with Crippen molar-refractivity contribution in [1.82, 2.24) is 0 Å². The third-order valence-electron chi connectivity index (χ3n) is 2.61. The van der Waals surface area contributed by atoms with E-state index < -0.39 is 0 Å². The third-order valence-corrected chi connectivity index (χ3v) is 2.61. The van der Waals surface area contributed by atoms with E-state index in [9.17, 15) is 0 Å². The molecule has 0 aliphatic carbocycles. The molecule has 0 radical (unpaired) electrons. The first-order valence-corrected chi connectivity index (χ1v) is 6.18. The fourth-order valence-corrected chi connectivity index (χ4v) is 1.35. The lowest BCUT2D eigenvalue weighted by Gasteiger charge is -2.22. The maximum absolute atomic E-state index is 8.61. The lowest BCUT2D eigenvalue weighted by atomic mass is 9.87. The molecule has 0 heterocycles. The first kappa shape index (κ1) is 16.2. The molecule has 102 valence electrons. The summed E-state index contributed by atoms with van der Waals surface area (Å²) in [5, 5.41) is 11.7. The maximum atomic E-state index is 8.61. The van der Waals surface area contributed by atoms with Gasteiger partial charge in [-0.15, -0.1) is 0 Å². The van der Waals surface area contributed by atoms with Gasteiger partial charge in [0, 0.05) is 18.6 Å². The van der Waals surface area contributed by atoms with E-state index in [0.717, 1.165) is 25.9 Å². The molecule has 5 nitrogen and oxygen atoms in total. The van der Waals surface area contributed by atoms with Gasteiger partial charge in [-0.3, -0.25) is 0 Å². The third kappa shape index (κ3) is 7.99. The zero-order valence-electron chi connectivity index (χ0n) is 11.2. The quantitative estimate of drug-likeness (QED) is 0.203. The first-order chi connectivity index (χ1) is 8.04. The lowest BCUT2D eigenvalue weighted by molar-refractivity contribution is 0.0452. The minimum atomic E-state index is -0.281. The lowest BCUT2D eigenvalue weighted by Crippen LogP contribution is -2.32. The van der Waals surface area contributed by atoms with E-state index in [1.54, 1.807) is 0 Å². The summed E-state index contributed by atoms with van der Waals surface area (Å²) < 4.78 is 10.7. The maximum Gasteiger partial charge on any atom is 0.144 e. The Hall–Kier alpha value is -0.810. The summed E-state index contributed by atoms with van der Waals surface area (Å²) in [6.45, 7) is 8.73. The molecule has 0 atom stereocenters. The van der Waals surface area contributed by atoms with Crippen molar-refractivity contribution in [3.05, 3.63) is 0 Å². The molecule has 0 saturated carbocycles. The van der Waals surface area contributed by atoms with Crippen molar-refractivity contribution in [2.75, 3.05) is 26.4 Å². The van der Waals surface area contributed by atoms with Gasteiger partial charge < -0.3 is 20.4 Å². The molecule has 0 rings (SSSR count). The van der Waals surface area contributed by atoms with Gasteiger partial charge in [-0.25, -0.2) is 0 Å². The van der Waals surface area contributed by atoms with Crippen LogP contribution in [0.5, 0.6) is 0 Å². The van der Waals surface area contributed by atoms with Gasteiger partial charge in [-0.1, -0.05) is 25.9 Å². The average molecular weight is 246 g/mol. The monoisotopic (exact) mass is 246 g/mol. The Morgan fingerprint density at radius 2 is 1.76 bits per heavy atom. The van der Waals surface area contributed by atoms with Crippen molar-refractivity contribution < 1.29 is 14.7 Å². The van der Waals surface area contributed by atoms with Gasteiger partial charge in [-0.2, -0.15) is 0 Å². The van der Waals surface area contributed by atoms with Crippen molar-refractivity contribution >= 4 is 5.84 Å². The smallest absolute Gasteiger partial charge is 0.144 e. The van der Waals surface area contributed by atoms with E-state index >= 15 is 0 Å². The number of nitrogens with two attached hydrogens (primary N) is 1. The summed E-state index contributed by atoms with van der Waals surface area (Å²) in [7, 11) is 0. The fourth-order valence-electron chi connectivity index (χ4n) is 1.35. The molecular formula is C12H26N2O3. The molecule has 0 spiro atoms. The van der Waals surface area contributed by atoms with Crippen LogP contribution in [0.25, 0.3) is 0 Å². The van der Waals surface area contributed by atoms with Crippen LogP contribution in [0.15, 0.2) is 5.16 Å². The number of rotatable bonds is 10. The normalized spacial score (nSPS) is 13.0. The molecule has 0 bridgehead atoms. The molecule has 3 N–H and O–H groups in total. The van der Waals surface area contributed by atoms with Gasteiger partial charge in [0.25, 0.3) is 0 Å². The number of ether oxygens (including phenoxy) is 2. The van der Waals surface area contributed by atoms with Crippen LogP contribution < -0.4 is 5.73 Å². The van der Waals surface area contributed by atoms with Crippen LogP contribution in [0.2, 0.25) is 0 Å². The van der Waals surface area contributed by atoms with E-state index in [0.29, 0.717) is 19.8 Å². The zero-order valence-corrected chi connectivity index (χ0v) is 11.2. The first-order valence-electron chi connectivity index (χ1n) is 6.18. The van der Waals surface area contributed by atoms with Crippen LogP contribution in [-0.2, 0) is 9.47 Å². The second kappa shape index (κ2) is 9.24. The Bertz CT molecular complexity index is 218. The van der Waals surface area contributed by atoms with Crippen molar-refractivity contribution in [3.8, 4) is 0 Å². The molecular weight excluding hydrogens is 220 g/mol. The summed E-state index contributed by atoms with van der Waals surface area (Å²) in [4.78, 5) is 0. The molecule has 0 aliphatic rings. The molecule has 0 aromatic rings. The van der Waals surface area contributed by atoms with Crippen LogP contribution in [0.1, 0.15) is 40.0 Å². The molecule has 0 saturated heterocycles. The van der Waals surface area contributed by atoms with Gasteiger partial charge in [-0.05, 0) is 19.3 Å². The second-order valence-electron chi connectivity index (χ2n) is 4.70. The molecule has 0 unspecified atom stereocenters. The molecule has 0 fully saturated rings. The fraction of sp³-hybridized carbons (Fsp3) is 0.917. The Labute approximate surface area is 104 Å². The molecule has 0 aromatic heterocycles. The highest BCUT2D eigenvalue weighted by molar-refractivity contribution is 5.85. The topological polar surface area (TPSA) is 77.1 Å². The van der Waals surface area contributed by atoms with Crippen molar-refractivity contribution in [3.63, 3.8) is 0 Å². The molecule has 17 heavy (non-hydrogen) atoms. The number of oxime groups is 1. The van der Waals surface area contributed by atoms with Crippen LogP contribution in [-0.4, -0.2) is 37.5 Å². The summed E-state index contributed by atoms with van der Waals surface area (Å²) >= 11 is 0. The van der Waals surface area contributed by atoms with Gasteiger partial charge in [0.1, 0.15) is 5.84 Å². The van der Waals surface area contributed by atoms with Gasteiger partial charge in [0.2, 0.25) is 0 Å². The standard InChI is InChI=1S/C12H26N2O3/c1-4-7-16-9-10-17-8-5-6-12(2,3)11(13)14-15/h15H,4-10H2,1-3H3,(H2,13,14). The highest BCUT2D eigenvalue weighted by Gasteiger charge is 2.22. The van der Waals surface area contributed by atoms with Crippen LogP contribution >= 0.6 is 0 Å². The zero-order chi connectivity index (χ0) is 13.1. The van der Waals surface area contributed by atoms with Gasteiger partial charge in [0.15, 0.2) is 0 Å². The van der Waals surface area contributed by atoms with Gasteiger partial charge in [0.05, 0.1) is 13.2 Å². The summed E-state index contributed by atoms with van der Waals surface area (Å²) in [6.07, 6.45) is 2.75. The second-order valence-corrected chi connectivity index (χ2v) is 4.70. The highest BCUT2D eigenvalue weighted by atomic mass is 16.5. The van der Waals surface area contributed by atoms with Crippen molar-refractivity contribution in [2.45, 2.75) is 40.0 Å². The van der Waals surface area contributed by atoms with E-state index in [1.807, 2.05) is 13.8 Å². The van der Waals surface area contributed by atoms with Crippen LogP contribution in [0.3, 0.4) is 0 Å². The van der Waals surface area contributed by atoms with Crippen LogP contribution in [0.4, 0.5) is 0 Å². The number of amidine groups is 1. The molecule has 0 aliphatic heterocycles. The summed E-state index contributed by atoms with van der Waals surface area (Å²) in [5.74, 6) is 0.267. The predicted octanol–water partition coefficient (Wildman–Crippen LogP) is 1.98. The number of nitrogens with zero attached hydrogens (tertiary/aromatic N) is 1. The minimum absolute atomic E-state index is 0.267. The average Bonchev–Trinajstić information content (AvgIpc) is 2.31. The van der Waals surface area contributed by atoms with Gasteiger partial charge >= 0.3 is 0 Å². The summed E-state index contributed by atoms with van der Waals surface area (Å²) in [6, 6.07) is 0. The Morgan fingerprint density at radius 3 is 2.29 bits per heavy atom. The van der Waals surface area contributed by atoms with E-state index in [2.05, 4.69) is 12.1 Å². The van der Waals surface area contributed by atoms with Crippen molar-refractivity contribution in [1.29, 1.82) is 0 Å². The van der Waals surface area contributed by atoms with Crippen molar-refractivity contribution in [2.24, 2.45) is 16.3 Å². The largest absolute Gasteiger partial charge is 0.409 e. The minimum Gasteiger partial charge on any atom is -0.409 e. The summed E-state index contributed by atoms with van der Waals surface area (Å²) in [5.41, 5.74) is 5.30. The Kier molecular flexibility index (Phi) is 8.80. The van der Waals surface area contributed by atoms with Crippen LogP contribution in [0, 0.1) is 5.41 Å². The molecule has 0 aromatic carbocycles.